The van der Waals surface area contributed by atoms with Crippen LogP contribution in [0.2, 0.25) is 0 Å². The number of hydrogen-bond donors (Lipinski definition) is 1. The minimum absolute atomic E-state index is 0.0819. The Morgan fingerprint density at radius 1 is 1.09 bits per heavy atom. The summed E-state index contributed by atoms with van der Waals surface area (Å²) < 4.78 is 39.1. The summed E-state index contributed by atoms with van der Waals surface area (Å²) >= 11 is 5.57. The highest BCUT2D eigenvalue weighted by Crippen LogP contribution is 2.28. The van der Waals surface area contributed by atoms with Gasteiger partial charge in [-0.15, -0.1) is 11.6 Å². The Balaban J connectivity index is 2.18. The van der Waals surface area contributed by atoms with Gasteiger partial charge >= 0.3 is 6.18 Å². The summed E-state index contributed by atoms with van der Waals surface area (Å²) in [5.41, 5.74) is 0.281. The van der Waals surface area contributed by atoms with E-state index in [-0.39, 0.29) is 6.54 Å². The number of aromatic nitrogens is 1. The van der Waals surface area contributed by atoms with E-state index in [1.807, 2.05) is 0 Å². The molecule has 0 saturated carbocycles. The van der Waals surface area contributed by atoms with Crippen molar-refractivity contribution in [2.45, 2.75) is 12.7 Å². The van der Waals surface area contributed by atoms with Gasteiger partial charge in [0, 0.05) is 30.4 Å². The average molecular weight is 331 g/mol. The molecular weight excluding hydrogens is 317 g/mol. The smallest absolute Gasteiger partial charge is 0.384 e. The zero-order valence-electron chi connectivity index (χ0n) is 11.5. The molecule has 2 rings (SSSR count). The van der Waals surface area contributed by atoms with E-state index in [9.17, 15) is 18.0 Å². The lowest BCUT2D eigenvalue weighted by Crippen LogP contribution is -2.21. The standard InChI is InChI=1S/C15H14ClF3N2O/c16-7-8-20-13-4-1-11(2-5-13)9-21-10-12(15(17,18)19)3-6-14(21)22/h1-6,10,20H,7-9H2. The number of alkyl halides is 4. The van der Waals surface area contributed by atoms with Crippen molar-refractivity contribution in [3.8, 4) is 0 Å². The van der Waals surface area contributed by atoms with Crippen molar-refractivity contribution in [1.29, 1.82) is 0 Å². The molecule has 22 heavy (non-hydrogen) atoms. The maximum atomic E-state index is 12.7. The maximum absolute atomic E-state index is 12.7. The van der Waals surface area contributed by atoms with Crippen LogP contribution in [-0.2, 0) is 12.7 Å². The zero-order valence-corrected chi connectivity index (χ0v) is 12.3. The van der Waals surface area contributed by atoms with Gasteiger partial charge in [0.2, 0.25) is 0 Å². The van der Waals surface area contributed by atoms with Gasteiger partial charge in [-0.05, 0) is 23.8 Å². The molecule has 7 heteroatoms. The third-order valence-electron chi connectivity index (χ3n) is 3.04. The van der Waals surface area contributed by atoms with Crippen LogP contribution >= 0.6 is 11.6 Å². The lowest BCUT2D eigenvalue weighted by molar-refractivity contribution is -0.138. The van der Waals surface area contributed by atoms with Gasteiger partial charge in [-0.3, -0.25) is 4.79 Å². The first-order chi connectivity index (χ1) is 10.4. The van der Waals surface area contributed by atoms with Gasteiger partial charge in [0.25, 0.3) is 5.56 Å². The lowest BCUT2D eigenvalue weighted by atomic mass is 10.2. The number of hydrogen-bond acceptors (Lipinski definition) is 2. The second-order valence-electron chi connectivity index (χ2n) is 4.69. The first-order valence-corrected chi connectivity index (χ1v) is 7.10. The third-order valence-corrected chi connectivity index (χ3v) is 3.23. The second kappa shape index (κ2) is 6.87. The van der Waals surface area contributed by atoms with Gasteiger partial charge in [-0.1, -0.05) is 12.1 Å². The van der Waals surface area contributed by atoms with Crippen LogP contribution in [0.4, 0.5) is 18.9 Å². The molecule has 0 aliphatic carbocycles. The van der Waals surface area contributed by atoms with Crippen molar-refractivity contribution in [1.82, 2.24) is 4.57 Å². The van der Waals surface area contributed by atoms with Crippen LogP contribution in [0.25, 0.3) is 0 Å². The van der Waals surface area contributed by atoms with E-state index in [1.54, 1.807) is 24.3 Å². The number of rotatable bonds is 5. The Morgan fingerprint density at radius 2 is 1.77 bits per heavy atom. The highest BCUT2D eigenvalue weighted by atomic mass is 35.5. The molecule has 0 saturated heterocycles. The first kappa shape index (κ1) is 16.4. The molecule has 0 atom stereocenters. The van der Waals surface area contributed by atoms with E-state index < -0.39 is 17.3 Å². The van der Waals surface area contributed by atoms with Crippen LogP contribution in [0.1, 0.15) is 11.1 Å². The molecule has 2 aromatic rings. The van der Waals surface area contributed by atoms with Crippen molar-refractivity contribution in [2.75, 3.05) is 17.7 Å². The quantitative estimate of drug-likeness (QED) is 0.850. The maximum Gasteiger partial charge on any atom is 0.417 e. The summed E-state index contributed by atoms with van der Waals surface area (Å²) in [7, 11) is 0. The van der Waals surface area contributed by atoms with E-state index in [2.05, 4.69) is 5.32 Å². The molecule has 0 unspecified atom stereocenters. The highest BCUT2D eigenvalue weighted by molar-refractivity contribution is 6.18. The van der Waals surface area contributed by atoms with Crippen LogP contribution in [0.3, 0.4) is 0 Å². The van der Waals surface area contributed by atoms with E-state index in [0.29, 0.717) is 12.4 Å². The molecular formula is C15H14ClF3N2O. The van der Waals surface area contributed by atoms with Crippen LogP contribution in [0, 0.1) is 0 Å². The second-order valence-corrected chi connectivity index (χ2v) is 5.07. The molecule has 1 N–H and O–H groups in total. The van der Waals surface area contributed by atoms with Crippen LogP contribution in [-0.4, -0.2) is 17.0 Å². The molecule has 1 heterocycles. The molecule has 0 bridgehead atoms. The summed E-state index contributed by atoms with van der Waals surface area (Å²) in [6.45, 7) is 0.701. The van der Waals surface area contributed by atoms with E-state index in [4.69, 9.17) is 11.6 Å². The van der Waals surface area contributed by atoms with Gasteiger partial charge in [0.1, 0.15) is 0 Å². The highest BCUT2D eigenvalue weighted by Gasteiger charge is 2.30. The predicted molar refractivity (Wildman–Crippen MR) is 80.5 cm³/mol. The van der Waals surface area contributed by atoms with Crippen LogP contribution in [0.5, 0.6) is 0 Å². The minimum Gasteiger partial charge on any atom is -0.384 e. The molecule has 0 fully saturated rings. The summed E-state index contributed by atoms with van der Waals surface area (Å²) in [5, 5.41) is 3.08. The molecule has 0 aliphatic rings. The van der Waals surface area contributed by atoms with Crippen LogP contribution in [0.15, 0.2) is 47.4 Å². The van der Waals surface area contributed by atoms with Gasteiger partial charge < -0.3 is 9.88 Å². The van der Waals surface area contributed by atoms with Crippen molar-refractivity contribution in [3.05, 3.63) is 64.1 Å². The van der Waals surface area contributed by atoms with Gasteiger partial charge in [0.05, 0.1) is 12.1 Å². The van der Waals surface area contributed by atoms with Crippen molar-refractivity contribution in [2.24, 2.45) is 0 Å². The van der Waals surface area contributed by atoms with Crippen molar-refractivity contribution < 1.29 is 13.2 Å². The molecule has 3 nitrogen and oxygen atoms in total. The number of nitrogens with zero attached hydrogens (tertiary/aromatic N) is 1. The van der Waals surface area contributed by atoms with Crippen LogP contribution < -0.4 is 10.9 Å². The summed E-state index contributed by atoms with van der Waals surface area (Å²) in [5.74, 6) is 0.474. The third kappa shape index (κ3) is 4.27. The molecule has 1 aromatic heterocycles. The fourth-order valence-electron chi connectivity index (χ4n) is 1.94. The van der Waals surface area contributed by atoms with Gasteiger partial charge in [-0.2, -0.15) is 13.2 Å². The Labute approximate surface area is 130 Å². The fraction of sp³-hybridized carbons (Fsp3) is 0.267. The number of anilines is 1. The van der Waals surface area contributed by atoms with E-state index in [0.717, 1.165) is 34.1 Å². The molecule has 0 radical (unpaired) electrons. The Morgan fingerprint density at radius 3 is 2.36 bits per heavy atom. The van der Waals surface area contributed by atoms with Gasteiger partial charge in [0.15, 0.2) is 0 Å². The monoisotopic (exact) mass is 330 g/mol. The minimum atomic E-state index is -4.47. The average Bonchev–Trinajstić information content (AvgIpc) is 2.47. The fourth-order valence-corrected chi connectivity index (χ4v) is 2.03. The zero-order chi connectivity index (χ0) is 16.2. The van der Waals surface area contributed by atoms with Crippen molar-refractivity contribution >= 4 is 17.3 Å². The first-order valence-electron chi connectivity index (χ1n) is 6.56. The molecule has 1 aromatic carbocycles. The molecule has 0 spiro atoms. The van der Waals surface area contributed by atoms with Gasteiger partial charge in [-0.25, -0.2) is 0 Å². The number of halogens is 4. The Bertz CT molecular complexity index is 680. The van der Waals surface area contributed by atoms with Crippen molar-refractivity contribution in [3.63, 3.8) is 0 Å². The van der Waals surface area contributed by atoms with E-state index in [1.165, 1.54) is 0 Å². The summed E-state index contributed by atoms with van der Waals surface area (Å²) in [4.78, 5) is 11.7. The summed E-state index contributed by atoms with van der Waals surface area (Å²) in [6, 6.07) is 8.81. The Hall–Kier alpha value is -1.95. The van der Waals surface area contributed by atoms with E-state index >= 15 is 0 Å². The lowest BCUT2D eigenvalue weighted by Gasteiger charge is -2.11. The molecule has 0 amide bonds. The predicted octanol–water partition coefficient (Wildman–Crippen LogP) is 3.57. The largest absolute Gasteiger partial charge is 0.417 e. The Kier molecular flexibility index (Phi) is 5.13. The molecule has 118 valence electrons. The number of pyridine rings is 1. The molecule has 0 aliphatic heterocycles. The number of benzene rings is 1. The SMILES string of the molecule is O=c1ccc(C(F)(F)F)cn1Cc1ccc(NCCCl)cc1. The number of nitrogens with one attached hydrogen (secondary N) is 1. The normalized spacial score (nSPS) is 11.5. The summed E-state index contributed by atoms with van der Waals surface area (Å²) in [6.07, 6.45) is -3.63. The topological polar surface area (TPSA) is 34.0 Å².